The number of halogens is 3. The quantitative estimate of drug-likeness (QED) is 0.274. The zero-order valence-electron chi connectivity index (χ0n) is 21.4. The highest BCUT2D eigenvalue weighted by molar-refractivity contribution is 9.10. The Morgan fingerprint density at radius 1 is 1.08 bits per heavy atom. The highest BCUT2D eigenvalue weighted by Gasteiger charge is 2.43. The summed E-state index contributed by atoms with van der Waals surface area (Å²) in [6.45, 7) is 3.94. The largest absolute Gasteiger partial charge is 0.493 e. The molecule has 0 saturated carbocycles. The van der Waals surface area contributed by atoms with Gasteiger partial charge in [-0.25, -0.2) is 4.79 Å². The summed E-state index contributed by atoms with van der Waals surface area (Å²) in [5, 5.41) is 4.33. The number of hydrogen-bond acceptors (Lipinski definition) is 6. The molecule has 0 spiro atoms. The van der Waals surface area contributed by atoms with Gasteiger partial charge in [0.2, 0.25) is 0 Å². The number of hydrogen-bond donors (Lipinski definition) is 1. The van der Waals surface area contributed by atoms with Crippen LogP contribution < -0.4 is 14.8 Å². The first-order valence-corrected chi connectivity index (χ1v) is 13.8. The molecule has 3 aromatic rings. The predicted octanol–water partition coefficient (Wildman–Crippen LogP) is 7.48. The van der Waals surface area contributed by atoms with Crippen LogP contribution in [-0.4, -0.2) is 25.5 Å². The number of nitrogens with one attached hydrogen (secondary N) is 1. The summed E-state index contributed by atoms with van der Waals surface area (Å²) >= 11 is 16.0. The lowest BCUT2D eigenvalue weighted by molar-refractivity contribution is -0.138. The van der Waals surface area contributed by atoms with E-state index in [1.165, 1.54) is 7.11 Å². The third-order valence-corrected chi connectivity index (χ3v) is 7.89. The van der Waals surface area contributed by atoms with Crippen molar-refractivity contribution in [2.45, 2.75) is 26.4 Å². The Bertz CT molecular complexity index is 1580. The molecule has 0 fully saturated rings. The van der Waals surface area contributed by atoms with Crippen LogP contribution in [-0.2, 0) is 16.1 Å². The molecule has 0 saturated heterocycles. The van der Waals surface area contributed by atoms with Crippen molar-refractivity contribution in [3.8, 4) is 11.5 Å². The molecular weight excluding hydrogens is 605 g/mol. The topological polar surface area (TPSA) is 73.9 Å². The Kier molecular flexibility index (Phi) is 7.76. The smallest absolute Gasteiger partial charge is 0.336 e. The Hall–Kier alpha value is -3.26. The minimum atomic E-state index is -0.690. The van der Waals surface area contributed by atoms with E-state index in [4.69, 9.17) is 37.4 Å². The minimum absolute atomic E-state index is 0.139. The maximum Gasteiger partial charge on any atom is 0.336 e. The Morgan fingerprint density at radius 2 is 1.82 bits per heavy atom. The van der Waals surface area contributed by atoms with Gasteiger partial charge in [0.15, 0.2) is 17.3 Å². The van der Waals surface area contributed by atoms with Crippen LogP contribution in [0.5, 0.6) is 11.5 Å². The Morgan fingerprint density at radius 3 is 2.51 bits per heavy atom. The first-order valence-electron chi connectivity index (χ1n) is 12.2. The third kappa shape index (κ3) is 4.95. The summed E-state index contributed by atoms with van der Waals surface area (Å²) in [6.07, 6.45) is 0. The lowest BCUT2D eigenvalue weighted by Crippen LogP contribution is -2.29. The lowest BCUT2D eigenvalue weighted by Gasteiger charge is -2.30. The molecule has 3 aromatic carbocycles. The SMILES string of the molecule is CCOC(=O)C1=C(C)NC2=C(C(=O)c3ccccc32)[C@H]1c1cc(Br)c(OCc2ccc(Cl)cc2Cl)c(OC)c1. The number of allylic oxidation sites excluding steroid dienone is 2. The molecule has 0 aromatic heterocycles. The number of fused-ring (bicyclic) bond motifs is 2. The maximum absolute atomic E-state index is 13.7. The number of rotatable bonds is 7. The predicted molar refractivity (Wildman–Crippen MR) is 154 cm³/mol. The molecule has 0 radical (unpaired) electrons. The van der Waals surface area contributed by atoms with Crippen molar-refractivity contribution in [1.82, 2.24) is 5.32 Å². The van der Waals surface area contributed by atoms with Crippen LogP contribution in [0.1, 0.15) is 46.8 Å². The molecule has 1 aliphatic carbocycles. The van der Waals surface area contributed by atoms with E-state index >= 15 is 0 Å². The lowest BCUT2D eigenvalue weighted by atomic mass is 9.79. The highest BCUT2D eigenvalue weighted by Crippen LogP contribution is 2.49. The zero-order chi connectivity index (χ0) is 27.8. The van der Waals surface area contributed by atoms with Crippen LogP contribution in [0.3, 0.4) is 0 Å². The number of dihydropyridines is 1. The second-order valence-corrected chi connectivity index (χ2v) is 10.7. The fraction of sp³-hybridized carbons (Fsp3) is 0.200. The van der Waals surface area contributed by atoms with Crippen molar-refractivity contribution in [3.05, 3.63) is 108 Å². The maximum atomic E-state index is 13.7. The average molecular weight is 629 g/mol. The number of esters is 1. The molecule has 39 heavy (non-hydrogen) atoms. The minimum Gasteiger partial charge on any atom is -0.493 e. The molecule has 9 heteroatoms. The van der Waals surface area contributed by atoms with Gasteiger partial charge in [-0.3, -0.25) is 4.79 Å². The van der Waals surface area contributed by atoms with Crippen molar-refractivity contribution in [2.24, 2.45) is 0 Å². The number of ether oxygens (including phenoxy) is 3. The summed E-state index contributed by atoms with van der Waals surface area (Å²) in [4.78, 5) is 26.9. The van der Waals surface area contributed by atoms with E-state index in [-0.39, 0.29) is 19.0 Å². The van der Waals surface area contributed by atoms with Crippen molar-refractivity contribution >= 4 is 56.6 Å². The van der Waals surface area contributed by atoms with Crippen molar-refractivity contribution in [3.63, 3.8) is 0 Å². The molecule has 200 valence electrons. The molecular formula is C30H24BrCl2NO5. The Balaban J connectivity index is 1.60. The third-order valence-electron chi connectivity index (χ3n) is 6.72. The molecule has 0 amide bonds. The fourth-order valence-electron chi connectivity index (χ4n) is 4.98. The van der Waals surface area contributed by atoms with Gasteiger partial charge in [-0.05, 0) is 59.6 Å². The van der Waals surface area contributed by atoms with E-state index in [9.17, 15) is 9.59 Å². The molecule has 0 bridgehead atoms. The molecule has 1 heterocycles. The van der Waals surface area contributed by atoms with Crippen LogP contribution in [0.25, 0.3) is 5.70 Å². The van der Waals surface area contributed by atoms with E-state index in [2.05, 4.69) is 21.2 Å². The van der Waals surface area contributed by atoms with Gasteiger partial charge in [0.1, 0.15) is 6.61 Å². The number of Topliss-reactive ketones (excluding diaryl/α,β-unsaturated/α-hetero) is 1. The van der Waals surface area contributed by atoms with E-state index in [1.807, 2.05) is 31.2 Å². The summed E-state index contributed by atoms with van der Waals surface area (Å²) in [6, 6.07) is 16.2. The van der Waals surface area contributed by atoms with E-state index in [0.717, 1.165) is 11.1 Å². The molecule has 2 aliphatic rings. The molecule has 5 rings (SSSR count). The molecule has 0 unspecified atom stereocenters. The zero-order valence-corrected chi connectivity index (χ0v) is 24.5. The fourth-order valence-corrected chi connectivity index (χ4v) is 6.01. The van der Waals surface area contributed by atoms with Gasteiger partial charge in [0, 0.05) is 43.9 Å². The number of ketones is 1. The molecule has 1 aliphatic heterocycles. The summed E-state index contributed by atoms with van der Waals surface area (Å²) in [7, 11) is 1.53. The second-order valence-electron chi connectivity index (χ2n) is 9.04. The normalized spacial score (nSPS) is 16.1. The van der Waals surface area contributed by atoms with Gasteiger partial charge in [-0.1, -0.05) is 53.5 Å². The van der Waals surface area contributed by atoms with Crippen LogP contribution in [0, 0.1) is 0 Å². The van der Waals surface area contributed by atoms with E-state index in [0.29, 0.717) is 59.7 Å². The first-order chi connectivity index (χ1) is 18.7. The first kappa shape index (κ1) is 27.3. The van der Waals surface area contributed by atoms with Crippen molar-refractivity contribution < 1.29 is 23.8 Å². The van der Waals surface area contributed by atoms with Gasteiger partial charge in [-0.2, -0.15) is 0 Å². The average Bonchev–Trinajstić information content (AvgIpc) is 3.19. The number of benzene rings is 3. The summed E-state index contributed by atoms with van der Waals surface area (Å²) < 4.78 is 17.8. The standard InChI is InChI=1S/C30H24BrCl2NO5/c1-4-38-30(36)24-15(2)34-27-19-7-5-6-8-20(19)28(35)26(27)25(24)17-11-21(31)29(23(12-17)37-3)39-14-16-9-10-18(32)13-22(16)33/h5-13,25,34H,4,14H2,1-3H3/t25-/m0/s1. The highest BCUT2D eigenvalue weighted by atomic mass is 79.9. The van der Waals surface area contributed by atoms with Gasteiger partial charge in [-0.15, -0.1) is 0 Å². The van der Waals surface area contributed by atoms with Crippen molar-refractivity contribution in [2.75, 3.05) is 13.7 Å². The van der Waals surface area contributed by atoms with Crippen LogP contribution in [0.2, 0.25) is 10.0 Å². The molecule has 1 atom stereocenters. The van der Waals surface area contributed by atoms with Crippen molar-refractivity contribution in [1.29, 1.82) is 0 Å². The molecule has 6 nitrogen and oxygen atoms in total. The van der Waals surface area contributed by atoms with Gasteiger partial charge in [0.25, 0.3) is 0 Å². The Labute approximate surface area is 244 Å². The van der Waals surface area contributed by atoms with Gasteiger partial charge < -0.3 is 19.5 Å². The second kappa shape index (κ2) is 11.1. The monoisotopic (exact) mass is 627 g/mol. The van der Waals surface area contributed by atoms with Crippen LogP contribution in [0.4, 0.5) is 0 Å². The van der Waals surface area contributed by atoms with Gasteiger partial charge in [0.05, 0.1) is 29.5 Å². The summed E-state index contributed by atoms with van der Waals surface area (Å²) in [5.41, 5.74) is 4.98. The van der Waals surface area contributed by atoms with E-state index < -0.39 is 11.9 Å². The van der Waals surface area contributed by atoms with E-state index in [1.54, 1.807) is 37.3 Å². The number of methoxy groups -OCH3 is 1. The summed E-state index contributed by atoms with van der Waals surface area (Å²) in [5.74, 6) is -0.440. The molecule has 1 N–H and O–H groups in total. The van der Waals surface area contributed by atoms with Gasteiger partial charge >= 0.3 is 5.97 Å². The number of carbonyl (C=O) groups is 2. The van der Waals surface area contributed by atoms with Crippen LogP contribution in [0.15, 0.2) is 75.9 Å². The number of carbonyl (C=O) groups excluding carboxylic acids is 2. The van der Waals surface area contributed by atoms with Crippen LogP contribution >= 0.6 is 39.1 Å².